The molecule has 9 heteroatoms. The Morgan fingerprint density at radius 1 is 0.781 bits per heavy atom. The fraction of sp³-hybridized carbons (Fsp3) is 0.870. The minimum atomic E-state index is -0.713. The molecule has 0 unspecified atom stereocenters. The number of rotatable bonds is 7. The fourth-order valence-electron chi connectivity index (χ4n) is 1.72. The van der Waals surface area contributed by atoms with Gasteiger partial charge in [0.15, 0.2) is 0 Å². The number of esters is 2. The van der Waals surface area contributed by atoms with Crippen molar-refractivity contribution in [2.75, 3.05) is 13.2 Å². The number of carbonyl (C=O) groups is 3. The lowest BCUT2D eigenvalue weighted by Gasteiger charge is -2.22. The lowest BCUT2D eigenvalue weighted by atomic mass is 9.93. The van der Waals surface area contributed by atoms with E-state index in [4.69, 9.17) is 19.9 Å². The van der Waals surface area contributed by atoms with Gasteiger partial charge in [0.25, 0.3) is 0 Å². The summed E-state index contributed by atoms with van der Waals surface area (Å²) in [7, 11) is 0. The predicted octanol–water partition coefficient (Wildman–Crippen LogP) is 4.61. The van der Waals surface area contributed by atoms with Crippen LogP contribution in [-0.4, -0.2) is 48.9 Å². The third kappa shape index (κ3) is 24.7. The largest absolute Gasteiger partial charge is 0.465 e. The maximum atomic E-state index is 11.6. The highest BCUT2D eigenvalue weighted by molar-refractivity contribution is 5.85. The molecule has 2 atom stereocenters. The van der Waals surface area contributed by atoms with E-state index in [0.29, 0.717) is 13.2 Å². The molecule has 8 nitrogen and oxygen atoms in total. The summed E-state index contributed by atoms with van der Waals surface area (Å²) in [5, 5.41) is 2.45. The predicted molar refractivity (Wildman–Crippen MR) is 130 cm³/mol. The van der Waals surface area contributed by atoms with E-state index in [1.807, 2.05) is 0 Å². The van der Waals surface area contributed by atoms with E-state index in [1.54, 1.807) is 34.6 Å². The second-order valence-corrected chi connectivity index (χ2v) is 11.1. The van der Waals surface area contributed by atoms with Crippen molar-refractivity contribution in [3.63, 3.8) is 0 Å². The van der Waals surface area contributed by atoms with Crippen LogP contribution in [0.5, 0.6) is 0 Å². The number of hydrogen-bond donors (Lipinski definition) is 2. The van der Waals surface area contributed by atoms with Crippen LogP contribution in [0.25, 0.3) is 0 Å². The molecule has 1 amide bonds. The lowest BCUT2D eigenvalue weighted by molar-refractivity contribution is -0.146. The standard InChI is InChI=1S/C14H27NO4.C9H19NO2.ClH/c1-10(15-12(17)19-14(5,6)7)11(16)18-9-8-13(2,3)4;1-7(10)8(11)12-6-5-9(2,3)4;/h10H,8-9H2,1-7H3,(H,15,17);7H,5-6,10H2,1-4H3;1H/t10-;7-;/m00./s1. The van der Waals surface area contributed by atoms with Gasteiger partial charge in [-0.15, -0.1) is 12.4 Å². The van der Waals surface area contributed by atoms with E-state index in [1.165, 1.54) is 0 Å². The molecule has 0 aromatic heterocycles. The molecule has 0 aliphatic heterocycles. The summed E-state index contributed by atoms with van der Waals surface area (Å²) in [6, 6.07) is -1.22. The summed E-state index contributed by atoms with van der Waals surface area (Å²) in [5.41, 5.74) is 5.05. The van der Waals surface area contributed by atoms with Gasteiger partial charge in [0.05, 0.1) is 13.2 Å². The Morgan fingerprint density at radius 2 is 1.16 bits per heavy atom. The van der Waals surface area contributed by atoms with Gasteiger partial charge >= 0.3 is 18.0 Å². The van der Waals surface area contributed by atoms with Crippen molar-refractivity contribution in [3.8, 4) is 0 Å². The Hall–Kier alpha value is -1.54. The molecule has 0 bridgehead atoms. The van der Waals surface area contributed by atoms with Gasteiger partial charge < -0.3 is 25.3 Å². The quantitative estimate of drug-likeness (QED) is 0.401. The van der Waals surface area contributed by atoms with Crippen LogP contribution < -0.4 is 11.1 Å². The normalized spacial score (nSPS) is 13.4. The first kappa shape index (κ1) is 35.1. The molecule has 0 radical (unpaired) electrons. The maximum absolute atomic E-state index is 11.6. The van der Waals surface area contributed by atoms with Crippen LogP contribution in [0.2, 0.25) is 0 Å². The lowest BCUT2D eigenvalue weighted by Crippen LogP contribution is -2.42. The first-order valence-corrected chi connectivity index (χ1v) is 10.8. The highest BCUT2D eigenvalue weighted by Crippen LogP contribution is 2.18. The molecule has 0 aliphatic rings. The smallest absolute Gasteiger partial charge is 0.408 e. The molecule has 192 valence electrons. The van der Waals surface area contributed by atoms with Crippen molar-refractivity contribution in [1.29, 1.82) is 0 Å². The van der Waals surface area contributed by atoms with E-state index in [9.17, 15) is 14.4 Å². The third-order valence-electron chi connectivity index (χ3n) is 3.65. The number of halogens is 1. The maximum Gasteiger partial charge on any atom is 0.408 e. The van der Waals surface area contributed by atoms with Crippen LogP contribution in [0.15, 0.2) is 0 Å². The number of amides is 1. The SMILES string of the molecule is C[C@H](N)C(=O)OCCC(C)(C)C.C[C@H](NC(=O)OC(C)(C)C)C(=O)OCCC(C)(C)C.Cl. The Bertz CT molecular complexity index is 560. The number of carbonyl (C=O) groups excluding carboxylic acids is 3. The molecular formula is C23H47ClN2O6. The van der Waals surface area contributed by atoms with Crippen molar-refractivity contribution in [3.05, 3.63) is 0 Å². The van der Waals surface area contributed by atoms with Gasteiger partial charge in [-0.25, -0.2) is 9.59 Å². The minimum Gasteiger partial charge on any atom is -0.465 e. The molecule has 0 aliphatic carbocycles. The Morgan fingerprint density at radius 3 is 1.47 bits per heavy atom. The van der Waals surface area contributed by atoms with E-state index in [-0.39, 0.29) is 29.2 Å². The van der Waals surface area contributed by atoms with Crippen LogP contribution in [0.1, 0.15) is 89.0 Å². The number of ether oxygens (including phenoxy) is 3. The zero-order valence-corrected chi connectivity index (χ0v) is 22.7. The van der Waals surface area contributed by atoms with Crippen LogP contribution in [0, 0.1) is 10.8 Å². The first-order chi connectivity index (χ1) is 13.7. The number of nitrogens with two attached hydrogens (primary N) is 1. The van der Waals surface area contributed by atoms with E-state index >= 15 is 0 Å². The van der Waals surface area contributed by atoms with E-state index in [2.05, 4.69) is 46.9 Å². The highest BCUT2D eigenvalue weighted by atomic mass is 35.5. The molecule has 0 fully saturated rings. The molecule has 0 saturated carbocycles. The van der Waals surface area contributed by atoms with Gasteiger partial charge in [0.1, 0.15) is 17.7 Å². The summed E-state index contributed by atoms with van der Waals surface area (Å²) in [5.74, 6) is -0.769. The van der Waals surface area contributed by atoms with Crippen LogP contribution in [0.4, 0.5) is 4.79 Å². The van der Waals surface area contributed by atoms with Crippen molar-refractivity contribution in [2.45, 2.75) is 107 Å². The minimum absolute atomic E-state index is 0. The van der Waals surface area contributed by atoms with Crippen molar-refractivity contribution < 1.29 is 28.6 Å². The highest BCUT2D eigenvalue weighted by Gasteiger charge is 2.22. The zero-order chi connectivity index (χ0) is 25.0. The summed E-state index contributed by atoms with van der Waals surface area (Å²) in [6.07, 6.45) is 1.02. The number of nitrogens with one attached hydrogen (secondary N) is 1. The second kappa shape index (κ2) is 15.3. The zero-order valence-electron chi connectivity index (χ0n) is 21.9. The molecular weight excluding hydrogens is 436 g/mol. The van der Waals surface area contributed by atoms with Gasteiger partial charge in [0.2, 0.25) is 0 Å². The molecule has 0 aromatic carbocycles. The third-order valence-corrected chi connectivity index (χ3v) is 3.65. The van der Waals surface area contributed by atoms with E-state index < -0.39 is 29.7 Å². The van der Waals surface area contributed by atoms with Gasteiger partial charge in [-0.1, -0.05) is 41.5 Å². The topological polar surface area (TPSA) is 117 Å². The molecule has 0 heterocycles. The fourth-order valence-corrected chi connectivity index (χ4v) is 1.72. The summed E-state index contributed by atoms with van der Waals surface area (Å²) < 4.78 is 15.1. The van der Waals surface area contributed by atoms with Gasteiger partial charge in [-0.2, -0.15) is 0 Å². The van der Waals surface area contributed by atoms with Crippen LogP contribution in [-0.2, 0) is 23.8 Å². The molecule has 0 aromatic rings. The van der Waals surface area contributed by atoms with Crippen LogP contribution in [0.3, 0.4) is 0 Å². The molecule has 0 spiro atoms. The van der Waals surface area contributed by atoms with Crippen molar-refractivity contribution in [2.24, 2.45) is 16.6 Å². The molecule has 3 N–H and O–H groups in total. The number of hydrogen-bond acceptors (Lipinski definition) is 7. The monoisotopic (exact) mass is 482 g/mol. The summed E-state index contributed by atoms with van der Waals surface area (Å²) in [4.78, 5) is 34.0. The molecule has 32 heavy (non-hydrogen) atoms. The average Bonchev–Trinajstić information content (AvgIpc) is 2.50. The van der Waals surface area contributed by atoms with Gasteiger partial charge in [0, 0.05) is 0 Å². The van der Waals surface area contributed by atoms with Gasteiger partial charge in [-0.05, 0) is 58.3 Å². The van der Waals surface area contributed by atoms with Gasteiger partial charge in [-0.3, -0.25) is 4.79 Å². The van der Waals surface area contributed by atoms with Crippen molar-refractivity contribution in [1.82, 2.24) is 5.32 Å². The Kier molecular flexibility index (Phi) is 16.8. The second-order valence-electron chi connectivity index (χ2n) is 11.1. The van der Waals surface area contributed by atoms with Crippen molar-refractivity contribution >= 4 is 30.4 Å². The van der Waals surface area contributed by atoms with Crippen LogP contribution >= 0.6 is 12.4 Å². The Balaban J connectivity index is -0.000000561. The first-order valence-electron chi connectivity index (χ1n) is 10.8. The summed E-state index contributed by atoms with van der Waals surface area (Å²) >= 11 is 0. The number of alkyl carbamates (subject to hydrolysis) is 1. The molecule has 0 saturated heterocycles. The van der Waals surface area contributed by atoms with E-state index in [0.717, 1.165) is 12.8 Å². The Labute approximate surface area is 201 Å². The molecule has 0 rings (SSSR count). The average molecular weight is 483 g/mol. The summed E-state index contributed by atoms with van der Waals surface area (Å²) in [6.45, 7) is 21.8.